The molecule has 0 aliphatic rings. The SMILES string of the molecule is CC(C)c1cc(-c2[c-]cccc2)ncc1[Si](C)(C)C.Cc1ccc2c(n1)oc1c(-c3nc4ccccc4n3-c3c(C)cc(-c4ccccc4)cc3C)[c-]ccc12.[Ir]. The topological polar surface area (TPSA) is 56.7 Å². The van der Waals surface area contributed by atoms with Gasteiger partial charge in [-0.3, -0.25) is 4.98 Å². The van der Waals surface area contributed by atoms with Gasteiger partial charge in [-0.2, -0.15) is 0 Å². The van der Waals surface area contributed by atoms with E-state index in [-0.39, 0.29) is 20.1 Å². The molecular formula is C50H46IrN4OSi-2. The largest absolute Gasteiger partial charge is 0.486 e. The fourth-order valence-corrected chi connectivity index (χ4v) is 9.36. The predicted octanol–water partition coefficient (Wildman–Crippen LogP) is 12.6. The molecule has 287 valence electrons. The first-order chi connectivity index (χ1) is 27.0. The molecule has 0 atom stereocenters. The van der Waals surface area contributed by atoms with Gasteiger partial charge in [0, 0.05) is 43.1 Å². The van der Waals surface area contributed by atoms with Crippen LogP contribution >= 0.6 is 0 Å². The van der Waals surface area contributed by atoms with Crippen LogP contribution in [0.15, 0.2) is 132 Å². The molecule has 0 bridgehead atoms. The number of nitrogens with zero attached hydrogens (tertiary/aromatic N) is 4. The second-order valence-electron chi connectivity index (χ2n) is 15.9. The second kappa shape index (κ2) is 16.2. The van der Waals surface area contributed by atoms with E-state index >= 15 is 0 Å². The van der Waals surface area contributed by atoms with Crippen LogP contribution in [0.2, 0.25) is 19.6 Å². The predicted molar refractivity (Wildman–Crippen MR) is 236 cm³/mol. The van der Waals surface area contributed by atoms with Crippen LogP contribution < -0.4 is 5.19 Å². The van der Waals surface area contributed by atoms with E-state index in [1.165, 1.54) is 33.0 Å². The zero-order valence-corrected chi connectivity index (χ0v) is 37.1. The number of rotatable bonds is 6. The Hall–Kier alpha value is -5.46. The number of hydrogen-bond acceptors (Lipinski definition) is 4. The fourth-order valence-electron chi connectivity index (χ4n) is 7.68. The van der Waals surface area contributed by atoms with Crippen molar-refractivity contribution in [2.45, 2.75) is 60.2 Å². The molecule has 0 fully saturated rings. The van der Waals surface area contributed by atoms with E-state index < -0.39 is 8.07 Å². The Morgan fingerprint density at radius 3 is 2.12 bits per heavy atom. The molecule has 0 amide bonds. The van der Waals surface area contributed by atoms with Crippen LogP contribution in [0, 0.1) is 32.9 Å². The smallest absolute Gasteiger partial charge is 0.216 e. The van der Waals surface area contributed by atoms with Gasteiger partial charge < -0.3 is 14.0 Å². The van der Waals surface area contributed by atoms with Gasteiger partial charge in [-0.05, 0) is 96.2 Å². The Balaban J connectivity index is 0.000000211. The molecule has 5 aromatic carbocycles. The first kappa shape index (κ1) is 39.8. The summed E-state index contributed by atoms with van der Waals surface area (Å²) in [5.41, 5.74) is 14.6. The Kier molecular flexibility index (Phi) is 11.3. The van der Waals surface area contributed by atoms with E-state index in [0.717, 1.165) is 61.4 Å². The van der Waals surface area contributed by atoms with Crippen molar-refractivity contribution in [2.75, 3.05) is 0 Å². The standard InChI is InChI=1S/C33H24N3O.C17H22NSi.Ir/c1-20-18-24(23-10-5-4-6-11-23)19-21(2)30(20)36-29-15-8-7-14-28(29)35-32(36)27-13-9-12-25-26-17-16-22(3)34-33(26)37-31(25)27;1-13(2)15-11-16(14-9-7-6-8-10-14)18-12-17(15)19(3,4)5;/h4-12,14-19H,1-3H3;6-9,11-13H,1-5H3;/q2*-1;. The molecule has 1 radical (unpaired) electrons. The summed E-state index contributed by atoms with van der Waals surface area (Å²) >= 11 is 0. The van der Waals surface area contributed by atoms with Crippen LogP contribution in [-0.4, -0.2) is 27.6 Å². The third kappa shape index (κ3) is 7.80. The number of aromatic nitrogens is 4. The van der Waals surface area contributed by atoms with E-state index in [1.807, 2.05) is 55.5 Å². The maximum atomic E-state index is 6.35. The van der Waals surface area contributed by atoms with Crippen LogP contribution in [0.3, 0.4) is 0 Å². The van der Waals surface area contributed by atoms with Gasteiger partial charge in [0.1, 0.15) is 0 Å². The number of para-hydroxylation sites is 2. The molecule has 9 aromatic rings. The van der Waals surface area contributed by atoms with Crippen molar-refractivity contribution in [3.05, 3.63) is 162 Å². The molecule has 4 aromatic heterocycles. The average molecular weight is 939 g/mol. The Morgan fingerprint density at radius 2 is 1.42 bits per heavy atom. The first-order valence-corrected chi connectivity index (χ1v) is 22.8. The molecular weight excluding hydrogens is 893 g/mol. The molecule has 57 heavy (non-hydrogen) atoms. The van der Waals surface area contributed by atoms with Crippen LogP contribution in [0.1, 0.15) is 42.1 Å². The van der Waals surface area contributed by atoms with Crippen LogP contribution in [0.4, 0.5) is 0 Å². The third-order valence-electron chi connectivity index (χ3n) is 10.4. The van der Waals surface area contributed by atoms with Crippen molar-refractivity contribution < 1.29 is 24.5 Å². The van der Waals surface area contributed by atoms with Gasteiger partial charge in [-0.1, -0.05) is 98.5 Å². The van der Waals surface area contributed by atoms with Crippen LogP contribution in [-0.2, 0) is 20.1 Å². The summed E-state index contributed by atoms with van der Waals surface area (Å²) in [4.78, 5) is 14.4. The first-order valence-electron chi connectivity index (χ1n) is 19.3. The van der Waals surface area contributed by atoms with E-state index in [4.69, 9.17) is 9.40 Å². The van der Waals surface area contributed by atoms with Crippen LogP contribution in [0.25, 0.3) is 72.6 Å². The van der Waals surface area contributed by atoms with Crippen molar-refractivity contribution in [2.24, 2.45) is 0 Å². The molecule has 7 heteroatoms. The van der Waals surface area contributed by atoms with Gasteiger partial charge in [0.25, 0.3) is 0 Å². The summed E-state index contributed by atoms with van der Waals surface area (Å²) in [6, 6.07) is 48.4. The Labute approximate surface area is 350 Å². The molecule has 0 saturated carbocycles. The second-order valence-corrected chi connectivity index (χ2v) is 21.0. The molecule has 5 nitrogen and oxygen atoms in total. The number of pyridine rings is 2. The fraction of sp³-hybridized carbons (Fsp3) is 0.180. The molecule has 0 N–H and O–H groups in total. The summed E-state index contributed by atoms with van der Waals surface area (Å²) in [6.07, 6.45) is 2.09. The molecule has 0 spiro atoms. The summed E-state index contributed by atoms with van der Waals surface area (Å²) in [5.74, 6) is 1.34. The monoisotopic (exact) mass is 939 g/mol. The zero-order valence-electron chi connectivity index (χ0n) is 33.7. The number of imidazole rings is 1. The minimum atomic E-state index is -1.34. The van der Waals surface area contributed by atoms with Gasteiger partial charge in [-0.15, -0.1) is 54.1 Å². The van der Waals surface area contributed by atoms with Gasteiger partial charge in [0.05, 0.1) is 30.5 Å². The van der Waals surface area contributed by atoms with Crippen molar-refractivity contribution in [1.82, 2.24) is 19.5 Å². The van der Waals surface area contributed by atoms with Crippen LogP contribution in [0.5, 0.6) is 0 Å². The van der Waals surface area contributed by atoms with Gasteiger partial charge in [0.15, 0.2) is 0 Å². The van der Waals surface area contributed by atoms with Crippen molar-refractivity contribution in [3.63, 3.8) is 0 Å². The molecule has 0 unspecified atom stereocenters. The molecule has 0 aliphatic carbocycles. The summed E-state index contributed by atoms with van der Waals surface area (Å²) in [7, 11) is -1.34. The number of benzene rings is 5. The summed E-state index contributed by atoms with van der Waals surface area (Å²) in [6.45, 7) is 18.0. The quantitative estimate of drug-likeness (QED) is 0.123. The van der Waals surface area contributed by atoms with E-state index in [2.05, 4.69) is 153 Å². The van der Waals surface area contributed by atoms with E-state index in [0.29, 0.717) is 11.6 Å². The minimum absolute atomic E-state index is 0. The molecule has 4 heterocycles. The van der Waals surface area contributed by atoms with Crippen molar-refractivity contribution in [3.8, 4) is 39.5 Å². The maximum absolute atomic E-state index is 6.35. The zero-order chi connectivity index (χ0) is 39.1. The Morgan fingerprint density at radius 1 is 0.702 bits per heavy atom. The van der Waals surface area contributed by atoms with Gasteiger partial charge in [-0.25, -0.2) is 4.98 Å². The number of fused-ring (bicyclic) bond motifs is 4. The van der Waals surface area contributed by atoms with E-state index in [1.54, 1.807) is 0 Å². The average Bonchev–Trinajstić information content (AvgIpc) is 3.76. The normalized spacial score (nSPS) is 11.5. The van der Waals surface area contributed by atoms with Gasteiger partial charge in [0.2, 0.25) is 5.71 Å². The van der Waals surface area contributed by atoms with Crippen molar-refractivity contribution in [1.29, 1.82) is 0 Å². The number of furan rings is 1. The van der Waals surface area contributed by atoms with Crippen molar-refractivity contribution >= 4 is 46.4 Å². The maximum Gasteiger partial charge on any atom is 0.216 e. The number of aryl methyl sites for hydroxylation is 3. The van der Waals surface area contributed by atoms with Gasteiger partial charge >= 0.3 is 0 Å². The minimum Gasteiger partial charge on any atom is -0.486 e. The summed E-state index contributed by atoms with van der Waals surface area (Å²) in [5, 5.41) is 3.49. The van der Waals surface area contributed by atoms with E-state index in [9.17, 15) is 0 Å². The molecule has 0 aliphatic heterocycles. The third-order valence-corrected chi connectivity index (χ3v) is 12.4. The molecule has 9 rings (SSSR count). The summed E-state index contributed by atoms with van der Waals surface area (Å²) < 4.78 is 8.60. The molecule has 0 saturated heterocycles. The Bertz CT molecular complexity index is 2830. The number of hydrogen-bond donors (Lipinski definition) is 0.